The van der Waals surface area contributed by atoms with Gasteiger partial charge in [0.05, 0.1) is 28.8 Å². The van der Waals surface area contributed by atoms with Gasteiger partial charge in [-0.15, -0.1) is 0 Å². The van der Waals surface area contributed by atoms with Crippen molar-refractivity contribution in [3.05, 3.63) is 41.7 Å². The summed E-state index contributed by atoms with van der Waals surface area (Å²) in [5, 5.41) is 8.72. The molecule has 3 heterocycles. The number of pyridine rings is 1. The van der Waals surface area contributed by atoms with E-state index in [-0.39, 0.29) is 17.2 Å². The van der Waals surface area contributed by atoms with Crippen molar-refractivity contribution in [3.63, 3.8) is 0 Å². The number of piperazine rings is 1. The van der Waals surface area contributed by atoms with Gasteiger partial charge >= 0.3 is 0 Å². The van der Waals surface area contributed by atoms with Gasteiger partial charge in [0.25, 0.3) is 5.91 Å². The number of anilines is 1. The number of aromatic nitrogens is 3. The minimum atomic E-state index is -0.168. The normalized spacial score (nSPS) is 15.5. The molecule has 0 spiro atoms. The number of nitrogens with one attached hydrogen (secondary N) is 1. The zero-order valence-corrected chi connectivity index (χ0v) is 21.9. The van der Waals surface area contributed by atoms with Crippen LogP contribution in [0.2, 0.25) is 0 Å². The number of carbonyl (C=O) groups excluding carboxylic acids is 1. The van der Waals surface area contributed by atoms with Gasteiger partial charge in [-0.25, -0.2) is 9.97 Å². The van der Waals surface area contributed by atoms with Crippen LogP contribution >= 0.6 is 0 Å². The Morgan fingerprint density at radius 1 is 1.17 bits per heavy atom. The number of rotatable bonds is 8. The first-order valence-electron chi connectivity index (χ1n) is 12.1. The summed E-state index contributed by atoms with van der Waals surface area (Å²) in [6.45, 7) is 16.2. The van der Waals surface area contributed by atoms with Gasteiger partial charge in [0.2, 0.25) is 0 Å². The van der Waals surface area contributed by atoms with E-state index in [1.807, 2.05) is 40.0 Å². The van der Waals surface area contributed by atoms with Crippen LogP contribution in [0.1, 0.15) is 56.0 Å². The molecule has 1 unspecified atom stereocenters. The molecular weight excluding hydrogens is 440 g/mol. The lowest BCUT2D eigenvalue weighted by atomic mass is 9.96. The van der Waals surface area contributed by atoms with Crippen LogP contribution in [-0.4, -0.2) is 89.9 Å². The lowest BCUT2D eigenvalue weighted by molar-refractivity contribution is 0.0790. The third-order valence-electron chi connectivity index (χ3n) is 6.45. The Morgan fingerprint density at radius 2 is 1.80 bits per heavy atom. The van der Waals surface area contributed by atoms with Crippen LogP contribution in [0, 0.1) is 11.3 Å². The maximum absolute atomic E-state index is 12.8. The predicted molar refractivity (Wildman–Crippen MR) is 141 cm³/mol. The SMILES string of the molecule is C=Nc1cc(N2CCN(C)CC2)cnc1C(=N)C(C)CCN(C)C(=O)c1cnc(C(C)(C)C)nc1. The first-order chi connectivity index (χ1) is 16.5. The van der Waals surface area contributed by atoms with Crippen molar-refractivity contribution in [3.8, 4) is 0 Å². The molecule has 0 aromatic carbocycles. The Morgan fingerprint density at radius 3 is 2.37 bits per heavy atom. The molecule has 35 heavy (non-hydrogen) atoms. The van der Waals surface area contributed by atoms with E-state index < -0.39 is 0 Å². The number of carbonyl (C=O) groups is 1. The van der Waals surface area contributed by atoms with Crippen molar-refractivity contribution >= 4 is 29.7 Å². The minimum absolute atomic E-state index is 0.104. The summed E-state index contributed by atoms with van der Waals surface area (Å²) >= 11 is 0. The van der Waals surface area contributed by atoms with Crippen molar-refractivity contribution in [2.45, 2.75) is 39.5 Å². The van der Waals surface area contributed by atoms with E-state index in [1.54, 1.807) is 24.3 Å². The van der Waals surface area contributed by atoms with E-state index in [0.29, 0.717) is 41.4 Å². The Hall–Kier alpha value is -3.20. The van der Waals surface area contributed by atoms with Crippen molar-refractivity contribution in [2.24, 2.45) is 10.9 Å². The third-order valence-corrected chi connectivity index (χ3v) is 6.45. The zero-order chi connectivity index (χ0) is 25.8. The van der Waals surface area contributed by atoms with Crippen LogP contribution in [0.3, 0.4) is 0 Å². The average Bonchev–Trinajstić information content (AvgIpc) is 2.85. The Bertz CT molecular complexity index is 1050. The summed E-state index contributed by atoms with van der Waals surface area (Å²) in [4.78, 5) is 36.5. The largest absolute Gasteiger partial charge is 0.368 e. The fourth-order valence-corrected chi connectivity index (χ4v) is 3.92. The highest BCUT2D eigenvalue weighted by Gasteiger charge is 2.22. The highest BCUT2D eigenvalue weighted by Crippen LogP contribution is 2.27. The van der Waals surface area contributed by atoms with Crippen LogP contribution in [0.25, 0.3) is 0 Å². The summed E-state index contributed by atoms with van der Waals surface area (Å²) in [5.41, 5.74) is 2.87. The molecule has 1 N–H and O–H groups in total. The molecule has 1 atom stereocenters. The molecule has 0 radical (unpaired) electrons. The molecule has 2 aromatic rings. The van der Waals surface area contributed by atoms with Crippen molar-refractivity contribution < 1.29 is 4.79 Å². The first-order valence-corrected chi connectivity index (χ1v) is 12.1. The van der Waals surface area contributed by atoms with E-state index in [9.17, 15) is 4.79 Å². The average molecular weight is 479 g/mol. The molecule has 3 rings (SSSR count). The number of hydrogen-bond donors (Lipinski definition) is 1. The maximum Gasteiger partial charge on any atom is 0.256 e. The number of likely N-dealkylation sites (N-methyl/N-ethyl adjacent to an activating group) is 1. The smallest absolute Gasteiger partial charge is 0.256 e. The Labute approximate surface area is 208 Å². The number of aliphatic imine (C=N–C) groups is 1. The lowest BCUT2D eigenvalue weighted by Crippen LogP contribution is -2.44. The molecule has 2 aromatic heterocycles. The lowest BCUT2D eigenvalue weighted by Gasteiger charge is -2.34. The molecular formula is C26H38N8O. The minimum Gasteiger partial charge on any atom is -0.368 e. The molecule has 1 aliphatic heterocycles. The summed E-state index contributed by atoms with van der Waals surface area (Å²) < 4.78 is 0. The maximum atomic E-state index is 12.8. The molecule has 188 valence electrons. The summed E-state index contributed by atoms with van der Waals surface area (Å²) in [6.07, 6.45) is 5.63. The topological polar surface area (TPSA) is 102 Å². The molecule has 0 saturated carbocycles. The highest BCUT2D eigenvalue weighted by atomic mass is 16.2. The molecule has 9 nitrogen and oxygen atoms in total. The molecule has 1 amide bonds. The summed E-state index contributed by atoms with van der Waals surface area (Å²) in [7, 11) is 3.88. The van der Waals surface area contributed by atoms with Crippen LogP contribution in [0.15, 0.2) is 29.6 Å². The number of nitrogens with zero attached hydrogens (tertiary/aromatic N) is 7. The molecule has 9 heteroatoms. The third kappa shape index (κ3) is 6.48. The van der Waals surface area contributed by atoms with Crippen LogP contribution in [0.5, 0.6) is 0 Å². The first kappa shape index (κ1) is 26.4. The molecule has 0 aliphatic carbocycles. The second-order valence-electron chi connectivity index (χ2n) is 10.4. The molecule has 1 aliphatic rings. The van der Waals surface area contributed by atoms with Crippen molar-refractivity contribution in [1.82, 2.24) is 24.8 Å². The van der Waals surface area contributed by atoms with Gasteiger partial charge in [0.15, 0.2) is 0 Å². The van der Waals surface area contributed by atoms with E-state index >= 15 is 0 Å². The second-order valence-corrected chi connectivity index (χ2v) is 10.4. The molecule has 1 fully saturated rings. The number of amides is 1. The molecule has 0 bridgehead atoms. The van der Waals surface area contributed by atoms with Gasteiger partial charge < -0.3 is 20.1 Å². The zero-order valence-electron chi connectivity index (χ0n) is 21.9. The van der Waals surface area contributed by atoms with Gasteiger partial charge in [0, 0.05) is 63.5 Å². The highest BCUT2D eigenvalue weighted by molar-refractivity contribution is 6.02. The van der Waals surface area contributed by atoms with E-state index in [2.05, 4.69) is 43.5 Å². The van der Waals surface area contributed by atoms with Crippen LogP contribution in [-0.2, 0) is 5.41 Å². The van der Waals surface area contributed by atoms with E-state index in [0.717, 1.165) is 31.9 Å². The van der Waals surface area contributed by atoms with Gasteiger partial charge in [-0.2, -0.15) is 0 Å². The Kier molecular flexibility index (Phi) is 8.32. The molecule has 1 saturated heterocycles. The predicted octanol–water partition coefficient (Wildman–Crippen LogP) is 3.42. The second kappa shape index (κ2) is 11.0. The van der Waals surface area contributed by atoms with E-state index in [4.69, 9.17) is 5.41 Å². The fourth-order valence-electron chi connectivity index (χ4n) is 3.92. The monoisotopic (exact) mass is 478 g/mol. The van der Waals surface area contributed by atoms with Gasteiger partial charge in [0.1, 0.15) is 11.5 Å². The Balaban J connectivity index is 1.61. The van der Waals surface area contributed by atoms with Crippen LogP contribution in [0.4, 0.5) is 11.4 Å². The van der Waals surface area contributed by atoms with Gasteiger partial charge in [-0.1, -0.05) is 27.7 Å². The van der Waals surface area contributed by atoms with Crippen LogP contribution < -0.4 is 4.90 Å². The van der Waals surface area contributed by atoms with Gasteiger partial charge in [-0.05, 0) is 26.3 Å². The standard InChI is InChI=1S/C26H38N8O/c1-18(8-9-33(7)24(35)19-15-30-25(31-16-19)26(2,3)4)22(27)23-21(28-5)14-20(17-29-23)34-12-10-32(6)11-13-34/h14-18,27H,5,8-13H2,1-4,6-7H3. The summed E-state index contributed by atoms with van der Waals surface area (Å²) in [6, 6.07) is 1.97. The van der Waals surface area contributed by atoms with Crippen molar-refractivity contribution in [2.75, 3.05) is 51.7 Å². The number of hydrogen-bond acceptors (Lipinski definition) is 8. The van der Waals surface area contributed by atoms with Crippen molar-refractivity contribution in [1.29, 1.82) is 5.41 Å². The van der Waals surface area contributed by atoms with Gasteiger partial charge in [-0.3, -0.25) is 14.8 Å². The summed E-state index contributed by atoms with van der Waals surface area (Å²) in [5.74, 6) is 0.469. The fraction of sp³-hybridized carbons (Fsp3) is 0.538. The quantitative estimate of drug-likeness (QED) is 0.584. The van der Waals surface area contributed by atoms with E-state index in [1.165, 1.54) is 0 Å².